The van der Waals surface area contributed by atoms with E-state index < -0.39 is 0 Å². The molecule has 0 fully saturated rings. The van der Waals surface area contributed by atoms with Gasteiger partial charge in [-0.1, -0.05) is 49.5 Å². The number of rotatable bonds is 17. The van der Waals surface area contributed by atoms with Crippen molar-refractivity contribution in [2.24, 2.45) is 0 Å². The summed E-state index contributed by atoms with van der Waals surface area (Å²) in [6, 6.07) is 0. The Labute approximate surface area is 227 Å². The Morgan fingerprint density at radius 1 is 0.781 bits per heavy atom. The van der Waals surface area contributed by atoms with Gasteiger partial charge in [-0.05, 0) is 47.3 Å². The Hall–Kier alpha value is 1.10. The summed E-state index contributed by atoms with van der Waals surface area (Å²) in [5.74, 6) is 6.43. The van der Waals surface area contributed by atoms with E-state index in [9.17, 15) is 9.59 Å². The third kappa shape index (κ3) is 13.3. The number of carbonyl (C=O) groups excluding carboxylic acids is 2. The topological polar surface area (TPSA) is 34.1 Å². The predicted molar refractivity (Wildman–Crippen MR) is 163 cm³/mol. The van der Waals surface area contributed by atoms with Crippen molar-refractivity contribution in [1.29, 1.82) is 0 Å². The monoisotopic (exact) mass is 582 g/mol. The third-order valence-corrected chi connectivity index (χ3v) is 14.8. The molecule has 0 saturated heterocycles. The van der Waals surface area contributed by atoms with Crippen LogP contribution in [0.2, 0.25) is 0 Å². The highest BCUT2D eigenvalue weighted by molar-refractivity contribution is 8.25. The van der Waals surface area contributed by atoms with E-state index in [-0.39, 0.29) is 10.2 Å². The van der Waals surface area contributed by atoms with Crippen molar-refractivity contribution in [1.82, 2.24) is 0 Å². The molecule has 2 rings (SSSR count). The van der Waals surface area contributed by atoms with Gasteiger partial charge in [-0.15, -0.1) is 47.0 Å². The van der Waals surface area contributed by atoms with Crippen LogP contribution >= 0.6 is 94.1 Å². The van der Waals surface area contributed by atoms with Gasteiger partial charge in [0.2, 0.25) is 10.2 Å². The van der Waals surface area contributed by atoms with Gasteiger partial charge >= 0.3 is 0 Å². The van der Waals surface area contributed by atoms with Gasteiger partial charge < -0.3 is 0 Å². The largest absolute Gasteiger partial charge is 0.282 e. The van der Waals surface area contributed by atoms with Crippen LogP contribution in [0.3, 0.4) is 0 Å². The molecule has 2 nitrogen and oxygen atoms in total. The summed E-state index contributed by atoms with van der Waals surface area (Å²) in [5.41, 5.74) is 0. The Morgan fingerprint density at radius 2 is 1.22 bits per heavy atom. The molecule has 10 heteroatoms. The highest BCUT2D eigenvalue weighted by Crippen LogP contribution is 2.43. The van der Waals surface area contributed by atoms with E-state index in [1.165, 1.54) is 94.2 Å². The van der Waals surface area contributed by atoms with Gasteiger partial charge in [0.15, 0.2) is 0 Å². The summed E-state index contributed by atoms with van der Waals surface area (Å²) in [6.07, 6.45) is 8.06. The summed E-state index contributed by atoms with van der Waals surface area (Å²) in [4.78, 5) is 25.3. The lowest BCUT2D eigenvalue weighted by molar-refractivity contribution is -0.107. The molecule has 0 aromatic rings. The summed E-state index contributed by atoms with van der Waals surface area (Å²) in [5, 5.41) is 4.56. The van der Waals surface area contributed by atoms with Crippen LogP contribution in [0, 0.1) is 0 Å². The summed E-state index contributed by atoms with van der Waals surface area (Å²) in [7, 11) is 0. The van der Waals surface area contributed by atoms with Gasteiger partial charge in [-0.25, -0.2) is 0 Å². The van der Waals surface area contributed by atoms with E-state index in [4.69, 9.17) is 0 Å². The van der Waals surface area contributed by atoms with Crippen LogP contribution in [0.15, 0.2) is 45.9 Å². The molecular weight excluding hydrogens is 553 g/mol. The van der Waals surface area contributed by atoms with Crippen molar-refractivity contribution in [3.8, 4) is 0 Å². The Morgan fingerprint density at radius 3 is 1.62 bits per heavy atom. The van der Waals surface area contributed by atoms with Crippen molar-refractivity contribution in [2.45, 2.75) is 34.8 Å². The standard InChI is InChI=1S/C22H30O2S8/c1-3-19(23)27-11-17-13-29-21(31-17)15-25-9-7-5-6-8-10-26-16-22-30-14-18(32-22)12-28-20(24)4-2/h3-4,13-14,21-22H,1-2,5-12,15-16H2. The van der Waals surface area contributed by atoms with Crippen LogP contribution in [-0.2, 0) is 9.59 Å². The second kappa shape index (κ2) is 18.4. The molecule has 0 spiro atoms. The lowest BCUT2D eigenvalue weighted by atomic mass is 10.2. The normalized spacial score (nSPS) is 20.1. The minimum Gasteiger partial charge on any atom is -0.282 e. The lowest BCUT2D eigenvalue weighted by Gasteiger charge is -2.09. The van der Waals surface area contributed by atoms with Crippen molar-refractivity contribution in [3.05, 3.63) is 45.9 Å². The zero-order chi connectivity index (χ0) is 23.0. The predicted octanol–water partition coefficient (Wildman–Crippen LogP) is 8.20. The van der Waals surface area contributed by atoms with E-state index in [0.717, 1.165) is 11.5 Å². The van der Waals surface area contributed by atoms with Gasteiger partial charge in [0.05, 0.1) is 9.16 Å². The molecule has 0 N–H and O–H groups in total. The van der Waals surface area contributed by atoms with E-state index in [1.54, 1.807) is 0 Å². The van der Waals surface area contributed by atoms with E-state index in [2.05, 4.69) is 47.5 Å². The zero-order valence-corrected chi connectivity index (χ0v) is 24.6. The van der Waals surface area contributed by atoms with Crippen molar-refractivity contribution < 1.29 is 9.59 Å². The SMILES string of the molecule is C=CC(=O)SCC1=CSC(CSCCCCCCSCC2SC=C(CSC(=O)C=C)S2)S1. The average Bonchev–Trinajstić information content (AvgIpc) is 3.46. The summed E-state index contributed by atoms with van der Waals surface area (Å²) < 4.78 is 1.21. The maximum atomic E-state index is 11.3. The Bertz CT molecular complexity index is 633. The molecule has 2 aliphatic heterocycles. The fraction of sp³-hybridized carbons (Fsp3) is 0.545. The quantitative estimate of drug-likeness (QED) is 0.124. The number of thioether (sulfide) groups is 8. The van der Waals surface area contributed by atoms with Crippen LogP contribution in [0.1, 0.15) is 25.7 Å². The number of hydrogen-bond acceptors (Lipinski definition) is 10. The van der Waals surface area contributed by atoms with Crippen molar-refractivity contribution in [3.63, 3.8) is 0 Å². The molecule has 0 aromatic carbocycles. The fourth-order valence-corrected chi connectivity index (χ4v) is 12.2. The maximum absolute atomic E-state index is 11.3. The molecule has 0 saturated carbocycles. The first-order chi connectivity index (χ1) is 15.6. The van der Waals surface area contributed by atoms with Gasteiger partial charge in [0, 0.05) is 32.8 Å². The second-order valence-corrected chi connectivity index (χ2v) is 16.4. The van der Waals surface area contributed by atoms with Crippen LogP contribution < -0.4 is 0 Å². The second-order valence-electron chi connectivity index (χ2n) is 6.72. The first-order valence-corrected chi connectivity index (χ1v) is 18.3. The first-order valence-electron chi connectivity index (χ1n) is 10.4. The average molecular weight is 583 g/mol. The number of hydrogen-bond donors (Lipinski definition) is 0. The van der Waals surface area contributed by atoms with Gasteiger partial charge in [0.1, 0.15) is 0 Å². The minimum absolute atomic E-state index is 0.0583. The van der Waals surface area contributed by atoms with Gasteiger partial charge in [0.25, 0.3) is 0 Å². The minimum atomic E-state index is 0.0583. The first kappa shape index (κ1) is 29.3. The van der Waals surface area contributed by atoms with Crippen LogP contribution in [0.5, 0.6) is 0 Å². The number of unbranched alkanes of at least 4 members (excludes halogenated alkanes) is 3. The molecule has 2 aliphatic rings. The molecule has 32 heavy (non-hydrogen) atoms. The Kier molecular flexibility index (Phi) is 16.8. The lowest BCUT2D eigenvalue weighted by Crippen LogP contribution is -1.99. The van der Waals surface area contributed by atoms with Crippen LogP contribution in [0.4, 0.5) is 0 Å². The van der Waals surface area contributed by atoms with E-state index >= 15 is 0 Å². The summed E-state index contributed by atoms with van der Waals surface area (Å²) >= 11 is 14.5. The van der Waals surface area contributed by atoms with Crippen LogP contribution in [0.25, 0.3) is 0 Å². The molecular formula is C22H30O2S8. The zero-order valence-electron chi connectivity index (χ0n) is 18.0. The smallest absolute Gasteiger partial charge is 0.211 e. The Balaban J connectivity index is 1.34. The van der Waals surface area contributed by atoms with Crippen molar-refractivity contribution >= 4 is 104 Å². The molecule has 178 valence electrons. The summed E-state index contributed by atoms with van der Waals surface area (Å²) in [6.45, 7) is 7.03. The fourth-order valence-electron chi connectivity index (χ4n) is 2.56. The molecule has 2 unspecified atom stereocenters. The van der Waals surface area contributed by atoms with Gasteiger partial charge in [-0.3, -0.25) is 9.59 Å². The van der Waals surface area contributed by atoms with Gasteiger partial charge in [-0.2, -0.15) is 23.5 Å². The molecule has 0 aromatic heterocycles. The molecule has 0 aliphatic carbocycles. The van der Waals surface area contributed by atoms with E-state index in [1.807, 2.05) is 47.0 Å². The highest BCUT2D eigenvalue weighted by atomic mass is 32.2. The maximum Gasteiger partial charge on any atom is 0.211 e. The van der Waals surface area contributed by atoms with Crippen molar-refractivity contribution in [2.75, 3.05) is 34.5 Å². The highest BCUT2D eigenvalue weighted by Gasteiger charge is 2.20. The molecule has 2 heterocycles. The number of carbonyl (C=O) groups is 2. The van der Waals surface area contributed by atoms with E-state index in [0.29, 0.717) is 9.16 Å². The molecule has 0 radical (unpaired) electrons. The molecule has 0 bridgehead atoms. The molecule has 2 atom stereocenters. The molecule has 0 amide bonds. The van der Waals surface area contributed by atoms with Crippen LogP contribution in [-0.4, -0.2) is 53.9 Å². The third-order valence-electron chi connectivity index (χ3n) is 4.15.